The molecule has 0 unspecified atom stereocenters. The number of cyclic esters (lactones) is 1. The van der Waals surface area contributed by atoms with Gasteiger partial charge in [-0.3, -0.25) is 4.79 Å². The Morgan fingerprint density at radius 1 is 1.03 bits per heavy atom. The number of carbonyl (C=O) groups is 1. The number of nitrogens with zero attached hydrogens (tertiary/aromatic N) is 3. The van der Waals surface area contributed by atoms with E-state index < -0.39 is 11.2 Å². The molecule has 37 heavy (non-hydrogen) atoms. The summed E-state index contributed by atoms with van der Waals surface area (Å²) in [5.74, 6) is 0.581. The van der Waals surface area contributed by atoms with Crippen molar-refractivity contribution in [2.24, 2.45) is 5.92 Å². The number of ether oxygens (including phenoxy) is 1. The minimum absolute atomic E-state index is 0.0560. The highest BCUT2D eigenvalue weighted by molar-refractivity contribution is 5.69. The zero-order valence-electron chi connectivity index (χ0n) is 21.6. The minimum atomic E-state index is -0.972. The maximum Gasteiger partial charge on any atom is 0.410 e. The van der Waals surface area contributed by atoms with Crippen LogP contribution in [0.3, 0.4) is 0 Å². The van der Waals surface area contributed by atoms with Crippen LogP contribution in [0.2, 0.25) is 0 Å². The molecule has 2 aromatic carbocycles. The first-order valence-electron chi connectivity index (χ1n) is 13.1. The molecule has 2 heterocycles. The summed E-state index contributed by atoms with van der Waals surface area (Å²) in [6, 6.07) is 21.2. The summed E-state index contributed by atoms with van der Waals surface area (Å²) in [6.07, 6.45) is 3.65. The minimum Gasteiger partial charge on any atom is -0.438 e. The molecule has 194 valence electrons. The van der Waals surface area contributed by atoms with Gasteiger partial charge >= 0.3 is 6.09 Å². The highest BCUT2D eigenvalue weighted by Gasteiger charge is 2.45. The van der Waals surface area contributed by atoms with Crippen molar-refractivity contribution in [2.75, 3.05) is 13.1 Å². The molecule has 2 fully saturated rings. The summed E-state index contributed by atoms with van der Waals surface area (Å²) in [4.78, 5) is 26.9. The van der Waals surface area contributed by atoms with E-state index in [1.54, 1.807) is 35.6 Å². The molecule has 7 heteroatoms. The molecular formula is C30H35N3O4. The molecule has 1 saturated heterocycles. The number of carbonyl (C=O) groups excluding carboxylic acids is 1. The van der Waals surface area contributed by atoms with Crippen LogP contribution in [-0.4, -0.2) is 44.6 Å². The summed E-state index contributed by atoms with van der Waals surface area (Å²) in [6.45, 7) is 5.31. The van der Waals surface area contributed by atoms with E-state index in [9.17, 15) is 14.7 Å². The van der Waals surface area contributed by atoms with Crippen molar-refractivity contribution < 1.29 is 14.6 Å². The predicted octanol–water partition coefficient (Wildman–Crippen LogP) is 4.76. The molecule has 1 aromatic heterocycles. The fourth-order valence-corrected chi connectivity index (χ4v) is 5.15. The Labute approximate surface area is 217 Å². The van der Waals surface area contributed by atoms with Crippen LogP contribution in [0.1, 0.15) is 50.7 Å². The summed E-state index contributed by atoms with van der Waals surface area (Å²) < 4.78 is 7.64. The molecule has 0 spiro atoms. The van der Waals surface area contributed by atoms with Gasteiger partial charge in [-0.1, -0.05) is 54.6 Å². The topological polar surface area (TPSA) is 84.7 Å². The van der Waals surface area contributed by atoms with Crippen LogP contribution in [0, 0.1) is 5.92 Å². The molecule has 1 saturated carbocycles. The number of aromatic nitrogens is 2. The SMILES string of the molecule is CC(C)(O)C[C@]1(c2ccccc2)CCN(CCc2ccc(-c3ccc(=O)n(CC4CC4)n3)cc2)C(=O)O1. The van der Waals surface area contributed by atoms with Crippen LogP contribution in [-0.2, 0) is 23.3 Å². The normalized spacial score (nSPS) is 20.1. The van der Waals surface area contributed by atoms with Gasteiger partial charge < -0.3 is 14.7 Å². The first-order valence-corrected chi connectivity index (χ1v) is 13.1. The van der Waals surface area contributed by atoms with E-state index in [2.05, 4.69) is 5.10 Å². The molecule has 7 nitrogen and oxygen atoms in total. The van der Waals surface area contributed by atoms with E-state index in [0.717, 1.165) is 22.4 Å². The number of hydrogen-bond acceptors (Lipinski definition) is 5. The molecule has 2 aliphatic rings. The van der Waals surface area contributed by atoms with E-state index in [-0.39, 0.29) is 11.7 Å². The highest BCUT2D eigenvalue weighted by atomic mass is 16.6. The van der Waals surface area contributed by atoms with Gasteiger partial charge in [0.05, 0.1) is 11.3 Å². The molecule has 3 aromatic rings. The lowest BCUT2D eigenvalue weighted by Crippen LogP contribution is -2.51. The van der Waals surface area contributed by atoms with Crippen molar-refractivity contribution in [1.29, 1.82) is 0 Å². The zero-order valence-corrected chi connectivity index (χ0v) is 21.6. The Kier molecular flexibility index (Phi) is 6.90. The summed E-state index contributed by atoms with van der Waals surface area (Å²) in [7, 11) is 0. The van der Waals surface area contributed by atoms with Crippen molar-refractivity contribution in [3.63, 3.8) is 0 Å². The Hall–Kier alpha value is -3.45. The standard InChI is InChI=1S/C30H35N3O4/c1-29(2,36)21-30(25-6-4-3-5-7-25)17-19-32(28(35)37-30)18-16-22-10-12-24(13-11-22)26-14-15-27(34)33(31-26)20-23-8-9-23/h3-7,10-15,23,36H,8-9,16-21H2,1-2H3/t30-/m0/s1. The van der Waals surface area contributed by atoms with Crippen molar-refractivity contribution in [1.82, 2.24) is 14.7 Å². The number of amides is 1. The van der Waals surface area contributed by atoms with Crippen molar-refractivity contribution in [2.45, 2.75) is 63.7 Å². The number of benzene rings is 2. The fourth-order valence-electron chi connectivity index (χ4n) is 5.15. The molecule has 1 aliphatic heterocycles. The monoisotopic (exact) mass is 501 g/mol. The van der Waals surface area contributed by atoms with E-state index in [0.29, 0.717) is 44.8 Å². The lowest BCUT2D eigenvalue weighted by atomic mass is 9.80. The molecule has 1 aliphatic carbocycles. The molecule has 1 N–H and O–H groups in total. The van der Waals surface area contributed by atoms with Crippen molar-refractivity contribution >= 4 is 6.09 Å². The molecule has 1 atom stereocenters. The lowest BCUT2D eigenvalue weighted by Gasteiger charge is -2.44. The molecule has 5 rings (SSSR count). The maximum absolute atomic E-state index is 13.1. The molecule has 1 amide bonds. The summed E-state index contributed by atoms with van der Waals surface area (Å²) >= 11 is 0. The Morgan fingerprint density at radius 3 is 2.41 bits per heavy atom. The first-order chi connectivity index (χ1) is 17.7. The van der Waals surface area contributed by atoms with Crippen LogP contribution in [0.15, 0.2) is 71.5 Å². The summed E-state index contributed by atoms with van der Waals surface area (Å²) in [5.41, 5.74) is 1.91. The van der Waals surface area contributed by atoms with Gasteiger partial charge in [0.2, 0.25) is 0 Å². The van der Waals surface area contributed by atoms with Gasteiger partial charge in [-0.15, -0.1) is 0 Å². The smallest absolute Gasteiger partial charge is 0.410 e. The highest BCUT2D eigenvalue weighted by Crippen LogP contribution is 2.40. The van der Waals surface area contributed by atoms with E-state index >= 15 is 0 Å². The van der Waals surface area contributed by atoms with Gasteiger partial charge in [-0.05, 0) is 56.2 Å². The van der Waals surface area contributed by atoms with Crippen LogP contribution in [0.4, 0.5) is 4.79 Å². The fraction of sp³-hybridized carbons (Fsp3) is 0.433. The van der Waals surface area contributed by atoms with Gasteiger partial charge in [0.1, 0.15) is 5.60 Å². The van der Waals surface area contributed by atoms with Gasteiger partial charge in [-0.25, -0.2) is 9.48 Å². The average Bonchev–Trinajstić information content (AvgIpc) is 3.69. The zero-order chi connectivity index (χ0) is 26.0. The third-order valence-corrected chi connectivity index (χ3v) is 7.26. The second kappa shape index (κ2) is 10.1. The van der Waals surface area contributed by atoms with Crippen LogP contribution in [0.5, 0.6) is 0 Å². The van der Waals surface area contributed by atoms with Crippen molar-refractivity contribution in [3.8, 4) is 11.3 Å². The van der Waals surface area contributed by atoms with Gasteiger partial charge in [-0.2, -0.15) is 5.10 Å². The summed E-state index contributed by atoms with van der Waals surface area (Å²) in [5, 5.41) is 15.1. The average molecular weight is 502 g/mol. The largest absolute Gasteiger partial charge is 0.438 e. The molecule has 0 radical (unpaired) electrons. The van der Waals surface area contributed by atoms with E-state index in [4.69, 9.17) is 4.74 Å². The predicted molar refractivity (Wildman–Crippen MR) is 142 cm³/mol. The van der Waals surface area contributed by atoms with Gasteiger partial charge in [0, 0.05) is 44.1 Å². The Bertz CT molecular complexity index is 1290. The Balaban J connectivity index is 1.22. The molecular weight excluding hydrogens is 466 g/mol. The van der Waals surface area contributed by atoms with Crippen molar-refractivity contribution in [3.05, 3.63) is 88.2 Å². The number of hydrogen-bond donors (Lipinski definition) is 1. The van der Waals surface area contributed by atoms with Crippen LogP contribution >= 0.6 is 0 Å². The number of aliphatic hydroxyl groups is 1. The third-order valence-electron chi connectivity index (χ3n) is 7.26. The number of rotatable bonds is 9. The lowest BCUT2D eigenvalue weighted by molar-refractivity contribution is -0.0960. The van der Waals surface area contributed by atoms with E-state index in [1.165, 1.54) is 12.8 Å². The Morgan fingerprint density at radius 2 is 1.76 bits per heavy atom. The molecule has 0 bridgehead atoms. The second-order valence-corrected chi connectivity index (χ2v) is 11.1. The van der Waals surface area contributed by atoms with Gasteiger partial charge in [0.25, 0.3) is 5.56 Å². The maximum atomic E-state index is 13.1. The second-order valence-electron chi connectivity index (χ2n) is 11.1. The quantitative estimate of drug-likeness (QED) is 0.457. The third kappa shape index (κ3) is 6.10. The first kappa shape index (κ1) is 25.2. The van der Waals surface area contributed by atoms with E-state index in [1.807, 2.05) is 54.6 Å². The van der Waals surface area contributed by atoms with Crippen LogP contribution in [0.25, 0.3) is 11.3 Å². The van der Waals surface area contributed by atoms with Crippen LogP contribution < -0.4 is 5.56 Å². The van der Waals surface area contributed by atoms with Gasteiger partial charge in [0.15, 0.2) is 0 Å².